The highest BCUT2D eigenvalue weighted by Gasteiger charge is 2.11. The van der Waals surface area contributed by atoms with E-state index in [1.54, 1.807) is 0 Å². The first-order valence-corrected chi connectivity index (χ1v) is 7.17. The maximum absolute atomic E-state index is 11.3. The molecule has 0 aromatic rings. The molecule has 1 fully saturated rings. The molecule has 18 heavy (non-hydrogen) atoms. The summed E-state index contributed by atoms with van der Waals surface area (Å²) in [4.78, 5) is 17.7. The normalized spacial score (nSPS) is 16.4. The van der Waals surface area contributed by atoms with E-state index in [0.29, 0.717) is 19.0 Å². The molecule has 0 atom stereocenters. The van der Waals surface area contributed by atoms with Crippen molar-refractivity contribution in [3.05, 3.63) is 0 Å². The van der Waals surface area contributed by atoms with Gasteiger partial charge >= 0.3 is 0 Å². The van der Waals surface area contributed by atoms with E-state index in [0.717, 1.165) is 24.6 Å². The number of halogens is 1. The van der Waals surface area contributed by atoms with Gasteiger partial charge in [-0.3, -0.25) is 9.79 Å². The van der Waals surface area contributed by atoms with E-state index >= 15 is 0 Å². The standard InChI is InChI=1S/C11H22N4OS.HI/c1-9(2)10(16)13-3-4-14-11(12)15-5-7-17-8-6-15;/h9H,3-8H2,1-2H3,(H2,12,14)(H,13,16);1H. The van der Waals surface area contributed by atoms with Gasteiger partial charge in [0.15, 0.2) is 5.96 Å². The van der Waals surface area contributed by atoms with Crippen LogP contribution in [-0.2, 0) is 4.79 Å². The molecule has 0 saturated carbocycles. The second kappa shape index (κ2) is 9.71. The predicted octanol–water partition coefficient (Wildman–Crippen LogP) is 0.740. The summed E-state index contributed by atoms with van der Waals surface area (Å²) in [7, 11) is 0. The molecule has 0 unspecified atom stereocenters. The highest BCUT2D eigenvalue weighted by atomic mass is 127. The molecule has 0 radical (unpaired) electrons. The number of thioether (sulfide) groups is 1. The van der Waals surface area contributed by atoms with Crippen LogP contribution in [0, 0.1) is 5.92 Å². The predicted molar refractivity (Wildman–Crippen MR) is 88.7 cm³/mol. The fourth-order valence-electron chi connectivity index (χ4n) is 1.45. The maximum atomic E-state index is 11.3. The van der Waals surface area contributed by atoms with Gasteiger partial charge in [0, 0.05) is 37.1 Å². The number of nitrogens with zero attached hydrogens (tertiary/aromatic N) is 2. The Morgan fingerprint density at radius 3 is 2.61 bits per heavy atom. The minimum Gasteiger partial charge on any atom is -0.370 e. The number of hydrogen-bond donors (Lipinski definition) is 2. The topological polar surface area (TPSA) is 70.7 Å². The first-order valence-electron chi connectivity index (χ1n) is 6.01. The van der Waals surface area contributed by atoms with E-state index in [1.807, 2.05) is 25.6 Å². The first-order chi connectivity index (χ1) is 8.11. The fourth-order valence-corrected chi connectivity index (χ4v) is 2.35. The van der Waals surface area contributed by atoms with E-state index in [1.165, 1.54) is 0 Å². The van der Waals surface area contributed by atoms with E-state index in [4.69, 9.17) is 5.73 Å². The summed E-state index contributed by atoms with van der Waals surface area (Å²) >= 11 is 1.94. The minimum absolute atomic E-state index is 0. The Hall–Kier alpha value is -0.180. The van der Waals surface area contributed by atoms with Crippen molar-refractivity contribution >= 4 is 47.6 Å². The number of carbonyl (C=O) groups is 1. The van der Waals surface area contributed by atoms with Crippen molar-refractivity contribution < 1.29 is 4.79 Å². The molecular formula is C11H23IN4OS. The van der Waals surface area contributed by atoms with Gasteiger partial charge < -0.3 is 16.0 Å². The summed E-state index contributed by atoms with van der Waals surface area (Å²) in [5.41, 5.74) is 5.88. The van der Waals surface area contributed by atoms with Crippen molar-refractivity contribution in [2.24, 2.45) is 16.6 Å². The Morgan fingerprint density at radius 1 is 1.44 bits per heavy atom. The highest BCUT2D eigenvalue weighted by Crippen LogP contribution is 2.08. The number of carbonyl (C=O) groups excluding carboxylic acids is 1. The molecule has 1 aliphatic rings. The van der Waals surface area contributed by atoms with Gasteiger partial charge in [-0.15, -0.1) is 24.0 Å². The molecule has 3 N–H and O–H groups in total. The number of rotatable bonds is 4. The second-order valence-electron chi connectivity index (χ2n) is 4.29. The third kappa shape index (κ3) is 6.67. The van der Waals surface area contributed by atoms with Crippen LogP contribution < -0.4 is 11.1 Å². The highest BCUT2D eigenvalue weighted by molar-refractivity contribution is 14.0. The van der Waals surface area contributed by atoms with Crippen LogP contribution in [0.15, 0.2) is 4.99 Å². The molecule has 0 spiro atoms. The van der Waals surface area contributed by atoms with Crippen molar-refractivity contribution in [1.82, 2.24) is 10.2 Å². The molecule has 1 rings (SSSR count). The summed E-state index contributed by atoms with van der Waals surface area (Å²) in [5.74, 6) is 2.91. The summed E-state index contributed by atoms with van der Waals surface area (Å²) in [5, 5.41) is 2.82. The summed E-state index contributed by atoms with van der Waals surface area (Å²) in [6.45, 7) is 6.79. The van der Waals surface area contributed by atoms with Crippen molar-refractivity contribution in [2.45, 2.75) is 13.8 Å². The van der Waals surface area contributed by atoms with Gasteiger partial charge in [-0.2, -0.15) is 11.8 Å². The number of hydrogen-bond acceptors (Lipinski definition) is 3. The smallest absolute Gasteiger partial charge is 0.222 e. The van der Waals surface area contributed by atoms with Gasteiger partial charge in [0.1, 0.15) is 0 Å². The molecular weight excluding hydrogens is 363 g/mol. The van der Waals surface area contributed by atoms with Gasteiger partial charge in [-0.25, -0.2) is 0 Å². The largest absolute Gasteiger partial charge is 0.370 e. The molecule has 5 nitrogen and oxygen atoms in total. The van der Waals surface area contributed by atoms with Crippen LogP contribution in [0.4, 0.5) is 0 Å². The zero-order chi connectivity index (χ0) is 12.7. The molecule has 1 aliphatic heterocycles. The Bertz CT molecular complexity index is 280. The number of aliphatic imine (C=N–C) groups is 1. The molecule has 0 bridgehead atoms. The fraction of sp³-hybridized carbons (Fsp3) is 0.818. The third-order valence-corrected chi connectivity index (χ3v) is 3.49. The number of nitrogens with one attached hydrogen (secondary N) is 1. The molecule has 106 valence electrons. The lowest BCUT2D eigenvalue weighted by Gasteiger charge is -2.27. The molecule has 1 amide bonds. The van der Waals surface area contributed by atoms with Gasteiger partial charge in [-0.1, -0.05) is 13.8 Å². The van der Waals surface area contributed by atoms with Gasteiger partial charge in [0.25, 0.3) is 0 Å². The molecule has 1 heterocycles. The van der Waals surface area contributed by atoms with Crippen LogP contribution >= 0.6 is 35.7 Å². The number of nitrogens with two attached hydrogens (primary N) is 1. The van der Waals surface area contributed by atoms with E-state index in [-0.39, 0.29) is 35.8 Å². The second-order valence-corrected chi connectivity index (χ2v) is 5.51. The van der Waals surface area contributed by atoms with E-state index in [2.05, 4.69) is 15.2 Å². The van der Waals surface area contributed by atoms with Crippen LogP contribution in [0.1, 0.15) is 13.8 Å². The quantitative estimate of drug-likeness (QED) is 0.324. The Balaban J connectivity index is 0.00000289. The lowest BCUT2D eigenvalue weighted by atomic mass is 10.2. The number of guanidine groups is 1. The van der Waals surface area contributed by atoms with Crippen molar-refractivity contribution in [1.29, 1.82) is 0 Å². The van der Waals surface area contributed by atoms with Gasteiger partial charge in [0.2, 0.25) is 5.91 Å². The molecule has 7 heteroatoms. The van der Waals surface area contributed by atoms with Crippen LogP contribution in [0.3, 0.4) is 0 Å². The van der Waals surface area contributed by atoms with Gasteiger partial charge in [-0.05, 0) is 0 Å². The third-order valence-electron chi connectivity index (χ3n) is 2.54. The Labute approximate surface area is 130 Å². The minimum atomic E-state index is 0. The SMILES string of the molecule is CC(C)C(=O)NCCN=C(N)N1CCSCC1.I. The average molecular weight is 386 g/mol. The van der Waals surface area contributed by atoms with Crippen molar-refractivity contribution in [3.63, 3.8) is 0 Å². The average Bonchev–Trinajstić information content (AvgIpc) is 2.35. The van der Waals surface area contributed by atoms with Crippen LogP contribution in [0.25, 0.3) is 0 Å². The Morgan fingerprint density at radius 2 is 2.06 bits per heavy atom. The first kappa shape index (κ1) is 17.8. The monoisotopic (exact) mass is 386 g/mol. The molecule has 0 aliphatic carbocycles. The van der Waals surface area contributed by atoms with E-state index in [9.17, 15) is 4.79 Å². The lowest BCUT2D eigenvalue weighted by Crippen LogP contribution is -2.43. The summed E-state index contributed by atoms with van der Waals surface area (Å²) in [6, 6.07) is 0. The summed E-state index contributed by atoms with van der Waals surface area (Å²) < 4.78 is 0. The van der Waals surface area contributed by atoms with Crippen LogP contribution in [0.2, 0.25) is 0 Å². The summed E-state index contributed by atoms with van der Waals surface area (Å²) in [6.07, 6.45) is 0. The molecule has 0 aromatic heterocycles. The number of amides is 1. The van der Waals surface area contributed by atoms with Crippen LogP contribution in [-0.4, -0.2) is 54.5 Å². The zero-order valence-electron chi connectivity index (χ0n) is 11.0. The maximum Gasteiger partial charge on any atom is 0.222 e. The van der Waals surface area contributed by atoms with Crippen molar-refractivity contribution in [2.75, 3.05) is 37.7 Å². The Kier molecular flexibility index (Phi) is 9.61. The van der Waals surface area contributed by atoms with Gasteiger partial charge in [0.05, 0.1) is 6.54 Å². The van der Waals surface area contributed by atoms with Crippen LogP contribution in [0.5, 0.6) is 0 Å². The lowest BCUT2D eigenvalue weighted by molar-refractivity contribution is -0.123. The van der Waals surface area contributed by atoms with E-state index < -0.39 is 0 Å². The molecule has 0 aromatic carbocycles. The zero-order valence-corrected chi connectivity index (χ0v) is 14.2. The van der Waals surface area contributed by atoms with Crippen molar-refractivity contribution in [3.8, 4) is 0 Å². The molecule has 1 saturated heterocycles.